The monoisotopic (exact) mass is 349 g/mol. The van der Waals surface area contributed by atoms with Crippen molar-refractivity contribution >= 4 is 11.6 Å². The summed E-state index contributed by atoms with van der Waals surface area (Å²) < 4.78 is 0. The van der Waals surface area contributed by atoms with Crippen LogP contribution in [0.4, 0.5) is 0 Å². The Morgan fingerprint density at radius 3 is 2.36 bits per heavy atom. The molecule has 3 aromatic rings. The molecule has 1 fully saturated rings. The predicted octanol–water partition coefficient (Wildman–Crippen LogP) is 4.47. The Morgan fingerprint density at radius 1 is 0.880 bits per heavy atom. The number of nitrogens with zero attached hydrogens (tertiary/aromatic N) is 2. The van der Waals surface area contributed by atoms with Crippen LogP contribution in [-0.4, -0.2) is 23.1 Å². The van der Waals surface area contributed by atoms with Crippen LogP contribution in [0.2, 0.25) is 5.02 Å². The quantitative estimate of drug-likeness (QED) is 0.758. The van der Waals surface area contributed by atoms with E-state index >= 15 is 0 Å². The van der Waals surface area contributed by atoms with Crippen LogP contribution in [-0.2, 0) is 5.41 Å². The fourth-order valence-corrected chi connectivity index (χ4v) is 4.03. The third-order valence-electron chi connectivity index (χ3n) is 5.02. The second kappa shape index (κ2) is 6.95. The van der Waals surface area contributed by atoms with Gasteiger partial charge in [0.1, 0.15) is 0 Å². The maximum Gasteiger partial charge on any atom is 0.159 e. The van der Waals surface area contributed by atoms with Crippen LogP contribution in [0.5, 0.6) is 0 Å². The number of piperidine rings is 1. The highest BCUT2D eigenvalue weighted by Crippen LogP contribution is 2.42. The summed E-state index contributed by atoms with van der Waals surface area (Å²) in [4.78, 5) is 9.45. The molecule has 4 heteroatoms. The zero-order valence-corrected chi connectivity index (χ0v) is 14.7. The molecule has 126 valence electrons. The Balaban J connectivity index is 1.85. The number of aromatic nitrogens is 2. The highest BCUT2D eigenvalue weighted by Gasteiger charge is 2.38. The summed E-state index contributed by atoms with van der Waals surface area (Å²) in [7, 11) is 0. The Kier molecular flexibility index (Phi) is 4.51. The number of nitrogens with one attached hydrogen (secondary N) is 1. The molecule has 0 amide bonds. The third kappa shape index (κ3) is 3.06. The van der Waals surface area contributed by atoms with Crippen LogP contribution in [0.25, 0.3) is 11.4 Å². The molecule has 2 aromatic carbocycles. The van der Waals surface area contributed by atoms with E-state index in [1.54, 1.807) is 0 Å². The van der Waals surface area contributed by atoms with Crippen molar-refractivity contribution in [2.24, 2.45) is 0 Å². The van der Waals surface area contributed by atoms with E-state index in [-0.39, 0.29) is 5.41 Å². The minimum atomic E-state index is -0.171. The van der Waals surface area contributed by atoms with E-state index in [1.165, 1.54) is 0 Å². The highest BCUT2D eigenvalue weighted by molar-refractivity contribution is 6.31. The number of hydrogen-bond donors (Lipinski definition) is 1. The summed E-state index contributed by atoms with van der Waals surface area (Å²) in [5, 5.41) is 4.27. The van der Waals surface area contributed by atoms with Crippen molar-refractivity contribution in [2.75, 3.05) is 13.1 Å². The van der Waals surface area contributed by atoms with Gasteiger partial charge in [-0.15, -0.1) is 0 Å². The molecule has 0 saturated carbocycles. The summed E-state index contributed by atoms with van der Waals surface area (Å²) in [5.41, 5.74) is 3.08. The fourth-order valence-electron chi connectivity index (χ4n) is 3.72. The summed E-state index contributed by atoms with van der Waals surface area (Å²) in [5.74, 6) is 0.767. The predicted molar refractivity (Wildman–Crippen MR) is 102 cm³/mol. The number of benzene rings is 2. The number of rotatable bonds is 3. The standard InChI is InChI=1S/C21H20ClN3/c22-18-9-5-4-8-17(18)21(11-14-23-15-12-21)19-10-13-24-20(25-19)16-6-2-1-3-7-16/h1-10,13,23H,11-12,14-15H2. The molecule has 1 aromatic heterocycles. The fraction of sp³-hybridized carbons (Fsp3) is 0.238. The maximum atomic E-state index is 6.59. The second-order valence-corrected chi connectivity index (χ2v) is 6.85. The summed E-state index contributed by atoms with van der Waals surface area (Å²) in [6.07, 6.45) is 3.81. The topological polar surface area (TPSA) is 37.8 Å². The van der Waals surface area contributed by atoms with Crippen LogP contribution in [0.15, 0.2) is 66.9 Å². The third-order valence-corrected chi connectivity index (χ3v) is 5.35. The Labute approximate surface area is 153 Å². The lowest BCUT2D eigenvalue weighted by atomic mass is 9.70. The molecule has 0 atom stereocenters. The zero-order valence-electron chi connectivity index (χ0n) is 14.0. The van der Waals surface area contributed by atoms with Gasteiger partial charge in [0.15, 0.2) is 5.82 Å². The van der Waals surface area contributed by atoms with Crippen LogP contribution >= 0.6 is 11.6 Å². The molecular weight excluding hydrogens is 330 g/mol. The second-order valence-electron chi connectivity index (χ2n) is 6.44. The van der Waals surface area contributed by atoms with Gasteiger partial charge in [-0.25, -0.2) is 9.97 Å². The van der Waals surface area contributed by atoms with Gasteiger partial charge < -0.3 is 5.32 Å². The molecular formula is C21H20ClN3. The van der Waals surface area contributed by atoms with E-state index in [4.69, 9.17) is 16.6 Å². The molecule has 1 saturated heterocycles. The molecule has 0 aliphatic carbocycles. The number of halogens is 1. The van der Waals surface area contributed by atoms with Gasteiger partial charge in [0.2, 0.25) is 0 Å². The van der Waals surface area contributed by atoms with Crippen molar-refractivity contribution in [3.05, 3.63) is 83.1 Å². The van der Waals surface area contributed by atoms with Crippen molar-refractivity contribution in [1.82, 2.24) is 15.3 Å². The lowest BCUT2D eigenvalue weighted by Crippen LogP contribution is -2.41. The molecule has 25 heavy (non-hydrogen) atoms. The van der Waals surface area contributed by atoms with Gasteiger partial charge in [-0.3, -0.25) is 0 Å². The molecule has 0 unspecified atom stereocenters. The van der Waals surface area contributed by atoms with Crippen molar-refractivity contribution in [1.29, 1.82) is 0 Å². The maximum absolute atomic E-state index is 6.59. The molecule has 1 aliphatic heterocycles. The smallest absolute Gasteiger partial charge is 0.159 e. The van der Waals surface area contributed by atoms with Crippen molar-refractivity contribution < 1.29 is 0 Å². The average Bonchev–Trinajstić information content (AvgIpc) is 2.70. The van der Waals surface area contributed by atoms with Crippen LogP contribution in [0.1, 0.15) is 24.1 Å². The van der Waals surface area contributed by atoms with Gasteiger partial charge in [-0.05, 0) is 43.6 Å². The molecule has 0 radical (unpaired) electrons. The molecule has 3 nitrogen and oxygen atoms in total. The Bertz CT molecular complexity index is 858. The zero-order chi connectivity index (χ0) is 17.1. The highest BCUT2D eigenvalue weighted by atomic mass is 35.5. The molecule has 0 bridgehead atoms. The van der Waals surface area contributed by atoms with E-state index < -0.39 is 0 Å². The van der Waals surface area contributed by atoms with E-state index in [9.17, 15) is 0 Å². The molecule has 1 aliphatic rings. The lowest BCUT2D eigenvalue weighted by Gasteiger charge is -2.38. The Hall–Kier alpha value is -2.23. The van der Waals surface area contributed by atoms with Gasteiger partial charge in [0, 0.05) is 22.2 Å². The molecule has 2 heterocycles. The van der Waals surface area contributed by atoms with Gasteiger partial charge in [0.05, 0.1) is 5.69 Å². The van der Waals surface area contributed by atoms with Gasteiger partial charge in [0.25, 0.3) is 0 Å². The van der Waals surface area contributed by atoms with E-state index in [1.807, 2.05) is 54.7 Å². The molecule has 1 N–H and O–H groups in total. The normalized spacial score (nSPS) is 16.5. The molecule has 4 rings (SSSR count). The number of hydrogen-bond acceptors (Lipinski definition) is 3. The average molecular weight is 350 g/mol. The van der Waals surface area contributed by atoms with Crippen molar-refractivity contribution in [3.8, 4) is 11.4 Å². The minimum Gasteiger partial charge on any atom is -0.317 e. The first-order valence-corrected chi connectivity index (χ1v) is 9.02. The van der Waals surface area contributed by atoms with Gasteiger partial charge in [-0.1, -0.05) is 60.1 Å². The summed E-state index contributed by atoms with van der Waals surface area (Å²) in [6, 6.07) is 20.3. The summed E-state index contributed by atoms with van der Waals surface area (Å²) in [6.45, 7) is 1.91. The van der Waals surface area contributed by atoms with Crippen LogP contribution in [0.3, 0.4) is 0 Å². The Morgan fingerprint density at radius 2 is 1.60 bits per heavy atom. The van der Waals surface area contributed by atoms with Crippen LogP contribution in [0, 0.1) is 0 Å². The largest absolute Gasteiger partial charge is 0.317 e. The van der Waals surface area contributed by atoms with E-state index in [0.29, 0.717) is 0 Å². The first-order valence-electron chi connectivity index (χ1n) is 8.64. The lowest BCUT2D eigenvalue weighted by molar-refractivity contribution is 0.354. The van der Waals surface area contributed by atoms with Crippen molar-refractivity contribution in [2.45, 2.75) is 18.3 Å². The summed E-state index contributed by atoms with van der Waals surface area (Å²) >= 11 is 6.59. The van der Waals surface area contributed by atoms with Crippen LogP contribution < -0.4 is 5.32 Å². The first kappa shape index (κ1) is 16.2. The SMILES string of the molecule is Clc1ccccc1C1(c2ccnc(-c3ccccc3)n2)CCNCC1. The van der Waals surface area contributed by atoms with E-state index in [0.717, 1.165) is 53.6 Å². The van der Waals surface area contributed by atoms with Crippen molar-refractivity contribution in [3.63, 3.8) is 0 Å². The first-order chi connectivity index (χ1) is 12.3. The minimum absolute atomic E-state index is 0.171. The van der Waals surface area contributed by atoms with Gasteiger partial charge >= 0.3 is 0 Å². The van der Waals surface area contributed by atoms with Gasteiger partial charge in [-0.2, -0.15) is 0 Å². The molecule has 0 spiro atoms. The van der Waals surface area contributed by atoms with E-state index in [2.05, 4.69) is 22.4 Å².